The maximum Gasteiger partial charge on any atom is 0.333 e. The lowest BCUT2D eigenvalue weighted by molar-refractivity contribution is 0.176. The van der Waals surface area contributed by atoms with Crippen LogP contribution in [0.15, 0.2) is 40.2 Å². The highest BCUT2D eigenvalue weighted by Gasteiger charge is 2.25. The van der Waals surface area contributed by atoms with Crippen LogP contribution in [0.4, 0.5) is 5.69 Å². The van der Waals surface area contributed by atoms with Gasteiger partial charge in [-0.3, -0.25) is 14.3 Å². The molecular formula is C20H26N6O2. The van der Waals surface area contributed by atoms with Crippen molar-refractivity contribution in [2.24, 2.45) is 14.1 Å². The van der Waals surface area contributed by atoms with Gasteiger partial charge in [0.2, 0.25) is 0 Å². The molecule has 0 bridgehead atoms. The van der Waals surface area contributed by atoms with Crippen molar-refractivity contribution in [1.82, 2.24) is 23.6 Å². The first-order chi connectivity index (χ1) is 13.4. The largest absolute Gasteiger partial charge is 0.366 e. The lowest BCUT2D eigenvalue weighted by atomic mass is 10.1. The fraction of sp³-hybridized carbons (Fsp3) is 0.450. The fourth-order valence-corrected chi connectivity index (χ4v) is 4.07. The molecule has 1 aromatic carbocycles. The molecule has 8 nitrogen and oxygen atoms in total. The molecule has 1 saturated heterocycles. The molecule has 0 radical (unpaired) electrons. The topological polar surface area (TPSA) is 68.3 Å². The summed E-state index contributed by atoms with van der Waals surface area (Å²) in [4.78, 5) is 34.4. The zero-order valence-electron chi connectivity index (χ0n) is 16.8. The van der Waals surface area contributed by atoms with E-state index in [9.17, 15) is 9.59 Å². The van der Waals surface area contributed by atoms with Crippen LogP contribution in [0.25, 0.3) is 11.2 Å². The van der Waals surface area contributed by atoms with Crippen LogP contribution in [0, 0.1) is 6.92 Å². The monoisotopic (exact) mass is 382 g/mol. The number of piperazine rings is 1. The van der Waals surface area contributed by atoms with Crippen molar-refractivity contribution >= 4 is 16.9 Å². The number of hydrogen-bond donors (Lipinski definition) is 0. The molecule has 1 aliphatic rings. The van der Waals surface area contributed by atoms with Gasteiger partial charge in [-0.1, -0.05) is 12.1 Å². The van der Waals surface area contributed by atoms with Crippen molar-refractivity contribution in [3.05, 3.63) is 57.0 Å². The molecule has 148 valence electrons. The van der Waals surface area contributed by atoms with Gasteiger partial charge in [0.15, 0.2) is 11.2 Å². The number of aromatic nitrogens is 4. The quantitative estimate of drug-likeness (QED) is 0.674. The average molecular weight is 382 g/mol. The van der Waals surface area contributed by atoms with Crippen molar-refractivity contribution in [2.45, 2.75) is 26.6 Å². The Morgan fingerprint density at radius 1 is 1.18 bits per heavy atom. The summed E-state index contributed by atoms with van der Waals surface area (Å²) < 4.78 is 4.44. The summed E-state index contributed by atoms with van der Waals surface area (Å²) in [5, 5.41) is 0. The van der Waals surface area contributed by atoms with Crippen molar-refractivity contribution < 1.29 is 0 Å². The summed E-state index contributed by atoms with van der Waals surface area (Å²) in [7, 11) is 3.43. The maximum absolute atomic E-state index is 12.9. The Labute approximate surface area is 163 Å². The van der Waals surface area contributed by atoms with E-state index in [1.165, 1.54) is 20.4 Å². The molecule has 1 unspecified atom stereocenters. The molecule has 2 aromatic heterocycles. The van der Waals surface area contributed by atoms with E-state index in [1.54, 1.807) is 25.0 Å². The van der Waals surface area contributed by atoms with Gasteiger partial charge in [0, 0.05) is 45.5 Å². The van der Waals surface area contributed by atoms with E-state index >= 15 is 0 Å². The van der Waals surface area contributed by atoms with Gasteiger partial charge >= 0.3 is 5.69 Å². The second kappa shape index (κ2) is 6.94. The van der Waals surface area contributed by atoms with Crippen LogP contribution in [0.5, 0.6) is 0 Å². The van der Waals surface area contributed by atoms with E-state index in [-0.39, 0.29) is 17.3 Å². The number of fused-ring (bicyclic) bond motifs is 1. The standard InChI is InChI=1S/C20H26N6O2/c1-14-6-5-7-16(10-14)25-9-8-24(11-15(25)2)13-26-19(27)17-18(21-12-22(17)3)23(4)20(26)28/h5-7,10,12,15H,8-9,11,13H2,1-4H3. The molecule has 3 heterocycles. The number of nitrogens with zero attached hydrogens (tertiary/aromatic N) is 6. The van der Waals surface area contributed by atoms with Crippen LogP contribution in [-0.4, -0.2) is 49.3 Å². The van der Waals surface area contributed by atoms with Crippen LogP contribution in [0.2, 0.25) is 0 Å². The Bertz CT molecular complexity index is 1140. The highest BCUT2D eigenvalue weighted by Crippen LogP contribution is 2.21. The van der Waals surface area contributed by atoms with E-state index < -0.39 is 0 Å². The predicted octanol–water partition coefficient (Wildman–Crippen LogP) is 0.910. The van der Waals surface area contributed by atoms with Crippen LogP contribution >= 0.6 is 0 Å². The van der Waals surface area contributed by atoms with Gasteiger partial charge in [0.25, 0.3) is 5.56 Å². The second-order valence-corrected chi connectivity index (χ2v) is 7.70. The summed E-state index contributed by atoms with van der Waals surface area (Å²) in [6.45, 7) is 7.00. The Morgan fingerprint density at radius 3 is 2.68 bits per heavy atom. The summed E-state index contributed by atoms with van der Waals surface area (Å²) >= 11 is 0. The van der Waals surface area contributed by atoms with Gasteiger partial charge in [-0.25, -0.2) is 14.3 Å². The first-order valence-electron chi connectivity index (χ1n) is 9.53. The van der Waals surface area contributed by atoms with E-state index in [4.69, 9.17) is 0 Å². The molecule has 3 aromatic rings. The molecule has 0 N–H and O–H groups in total. The van der Waals surface area contributed by atoms with Gasteiger partial charge in [-0.05, 0) is 31.5 Å². The molecule has 0 spiro atoms. The van der Waals surface area contributed by atoms with Crippen molar-refractivity contribution in [2.75, 3.05) is 24.5 Å². The number of imidazole rings is 1. The highest BCUT2D eigenvalue weighted by molar-refractivity contribution is 5.69. The normalized spacial score (nSPS) is 18.1. The minimum atomic E-state index is -0.329. The molecule has 1 aliphatic heterocycles. The molecule has 0 amide bonds. The average Bonchev–Trinajstić information content (AvgIpc) is 3.05. The van der Waals surface area contributed by atoms with Gasteiger partial charge in [0.05, 0.1) is 13.0 Å². The van der Waals surface area contributed by atoms with Crippen molar-refractivity contribution in [3.63, 3.8) is 0 Å². The molecule has 1 atom stereocenters. The van der Waals surface area contributed by atoms with Gasteiger partial charge in [-0.2, -0.15) is 0 Å². The minimum absolute atomic E-state index is 0.285. The summed E-state index contributed by atoms with van der Waals surface area (Å²) in [5.41, 5.74) is 2.72. The summed E-state index contributed by atoms with van der Waals surface area (Å²) in [6, 6.07) is 8.80. The minimum Gasteiger partial charge on any atom is -0.366 e. The van der Waals surface area contributed by atoms with Crippen LogP contribution < -0.4 is 16.1 Å². The highest BCUT2D eigenvalue weighted by atomic mass is 16.2. The number of rotatable bonds is 3. The predicted molar refractivity (Wildman–Crippen MR) is 110 cm³/mol. The van der Waals surface area contributed by atoms with E-state index in [1.807, 2.05) is 0 Å². The molecule has 1 fully saturated rings. The molecule has 0 saturated carbocycles. The van der Waals surface area contributed by atoms with Gasteiger partial charge < -0.3 is 9.47 Å². The lowest BCUT2D eigenvalue weighted by Crippen LogP contribution is -2.54. The van der Waals surface area contributed by atoms with E-state index in [2.05, 4.69) is 52.9 Å². The van der Waals surface area contributed by atoms with Gasteiger partial charge in [0.1, 0.15) is 0 Å². The first kappa shape index (κ1) is 18.5. The molecule has 8 heteroatoms. The fourth-order valence-electron chi connectivity index (χ4n) is 4.07. The number of aryl methyl sites for hydroxylation is 3. The van der Waals surface area contributed by atoms with Crippen LogP contribution in [0.3, 0.4) is 0 Å². The SMILES string of the molecule is Cc1cccc(N2CCN(Cn3c(=O)c4c(ncn4C)n(C)c3=O)CC2C)c1. The molecule has 0 aliphatic carbocycles. The summed E-state index contributed by atoms with van der Waals surface area (Å²) in [5.74, 6) is 0. The van der Waals surface area contributed by atoms with Gasteiger partial charge in [-0.15, -0.1) is 0 Å². The van der Waals surface area contributed by atoms with Crippen LogP contribution in [-0.2, 0) is 20.8 Å². The van der Waals surface area contributed by atoms with E-state index in [0.717, 1.165) is 19.6 Å². The zero-order chi connectivity index (χ0) is 20.0. The zero-order valence-corrected chi connectivity index (χ0v) is 16.8. The Morgan fingerprint density at radius 2 is 1.96 bits per heavy atom. The third-order valence-corrected chi connectivity index (χ3v) is 5.59. The summed E-state index contributed by atoms with van der Waals surface area (Å²) in [6.07, 6.45) is 1.57. The Hall–Kier alpha value is -2.87. The number of benzene rings is 1. The van der Waals surface area contributed by atoms with Crippen molar-refractivity contribution in [1.29, 1.82) is 0 Å². The maximum atomic E-state index is 12.9. The van der Waals surface area contributed by atoms with Crippen LogP contribution in [0.1, 0.15) is 12.5 Å². The first-order valence-corrected chi connectivity index (χ1v) is 9.53. The Balaban J connectivity index is 1.59. The lowest BCUT2D eigenvalue weighted by Gasteiger charge is -2.41. The van der Waals surface area contributed by atoms with E-state index in [0.29, 0.717) is 17.8 Å². The molecule has 4 rings (SSSR count). The van der Waals surface area contributed by atoms with Crippen molar-refractivity contribution in [3.8, 4) is 0 Å². The molecule has 28 heavy (non-hydrogen) atoms. The third kappa shape index (κ3) is 3.03. The smallest absolute Gasteiger partial charge is 0.333 e. The number of anilines is 1. The number of hydrogen-bond acceptors (Lipinski definition) is 5. The second-order valence-electron chi connectivity index (χ2n) is 7.70. The Kier molecular flexibility index (Phi) is 4.58. The third-order valence-electron chi connectivity index (χ3n) is 5.59. The molecular weight excluding hydrogens is 356 g/mol.